The molecule has 3 aromatic rings. The van der Waals surface area contributed by atoms with Crippen molar-refractivity contribution in [3.63, 3.8) is 0 Å². The number of aryl methyl sites for hydroxylation is 1. The van der Waals surface area contributed by atoms with Crippen molar-refractivity contribution in [1.82, 2.24) is 19.7 Å². The molecule has 96 valence electrons. The minimum atomic E-state index is 0.486. The molecule has 19 heavy (non-hydrogen) atoms. The van der Waals surface area contributed by atoms with Crippen LogP contribution in [0.15, 0.2) is 41.2 Å². The van der Waals surface area contributed by atoms with E-state index in [0.29, 0.717) is 17.5 Å². The molecule has 0 radical (unpaired) electrons. The molecule has 0 bridgehead atoms. The smallest absolute Gasteiger partial charge is 0.258 e. The van der Waals surface area contributed by atoms with E-state index in [2.05, 4.69) is 20.4 Å². The second kappa shape index (κ2) is 4.56. The van der Waals surface area contributed by atoms with E-state index >= 15 is 0 Å². The highest BCUT2D eigenvalue weighted by Gasteiger charge is 2.13. The van der Waals surface area contributed by atoms with E-state index in [4.69, 9.17) is 4.52 Å². The Balaban J connectivity index is 1.94. The SMILES string of the molecule is CNc1ccc(-c2nc(-c3nccn3C)no2)cc1. The topological polar surface area (TPSA) is 68.8 Å². The van der Waals surface area contributed by atoms with E-state index in [1.807, 2.05) is 49.1 Å². The lowest BCUT2D eigenvalue weighted by atomic mass is 10.2. The highest BCUT2D eigenvalue weighted by molar-refractivity contribution is 5.59. The monoisotopic (exact) mass is 255 g/mol. The molecule has 1 aromatic carbocycles. The van der Waals surface area contributed by atoms with Crippen LogP contribution in [-0.4, -0.2) is 26.7 Å². The fraction of sp³-hybridized carbons (Fsp3) is 0.154. The van der Waals surface area contributed by atoms with E-state index < -0.39 is 0 Å². The van der Waals surface area contributed by atoms with E-state index in [1.54, 1.807) is 6.20 Å². The summed E-state index contributed by atoms with van der Waals surface area (Å²) in [6.45, 7) is 0. The fourth-order valence-electron chi connectivity index (χ4n) is 1.79. The lowest BCUT2D eigenvalue weighted by Crippen LogP contribution is -1.92. The van der Waals surface area contributed by atoms with E-state index in [0.717, 1.165) is 11.3 Å². The molecule has 0 fully saturated rings. The number of rotatable bonds is 3. The number of nitrogens with one attached hydrogen (secondary N) is 1. The zero-order valence-electron chi connectivity index (χ0n) is 10.7. The molecular weight excluding hydrogens is 242 g/mol. The molecular formula is C13H13N5O. The Bertz CT molecular complexity index is 683. The Morgan fingerprint density at radius 2 is 2.00 bits per heavy atom. The van der Waals surface area contributed by atoms with Crippen molar-refractivity contribution < 1.29 is 4.52 Å². The molecule has 6 heteroatoms. The van der Waals surface area contributed by atoms with Gasteiger partial charge in [0.15, 0.2) is 5.82 Å². The standard InChI is InChI=1S/C13H13N5O/c1-14-10-5-3-9(4-6-10)13-16-11(17-19-13)12-15-7-8-18(12)2/h3-8,14H,1-2H3. The number of hydrogen-bond donors (Lipinski definition) is 1. The summed E-state index contributed by atoms with van der Waals surface area (Å²) in [5.74, 6) is 1.66. The average molecular weight is 255 g/mol. The van der Waals surface area contributed by atoms with Crippen LogP contribution in [0.3, 0.4) is 0 Å². The third-order valence-electron chi connectivity index (χ3n) is 2.87. The molecule has 3 rings (SSSR count). The van der Waals surface area contributed by atoms with Gasteiger partial charge in [0.25, 0.3) is 5.89 Å². The largest absolute Gasteiger partial charge is 0.388 e. The predicted molar refractivity (Wildman–Crippen MR) is 71.5 cm³/mol. The third kappa shape index (κ3) is 2.08. The summed E-state index contributed by atoms with van der Waals surface area (Å²) in [5.41, 5.74) is 1.92. The molecule has 2 aromatic heterocycles. The van der Waals surface area contributed by atoms with Crippen molar-refractivity contribution in [2.24, 2.45) is 7.05 Å². The van der Waals surface area contributed by atoms with Gasteiger partial charge < -0.3 is 14.4 Å². The first-order valence-electron chi connectivity index (χ1n) is 5.87. The third-order valence-corrected chi connectivity index (χ3v) is 2.87. The summed E-state index contributed by atoms with van der Waals surface area (Å²) in [7, 11) is 3.76. The van der Waals surface area contributed by atoms with Crippen LogP contribution in [0.2, 0.25) is 0 Å². The van der Waals surface area contributed by atoms with Crippen LogP contribution in [-0.2, 0) is 7.05 Å². The number of imidazole rings is 1. The molecule has 0 saturated carbocycles. The molecule has 0 aliphatic carbocycles. The van der Waals surface area contributed by atoms with Gasteiger partial charge in [0.2, 0.25) is 5.82 Å². The van der Waals surface area contributed by atoms with Gasteiger partial charge in [0.05, 0.1) is 0 Å². The van der Waals surface area contributed by atoms with Crippen LogP contribution in [0.4, 0.5) is 5.69 Å². The normalized spacial score (nSPS) is 10.6. The fourth-order valence-corrected chi connectivity index (χ4v) is 1.79. The maximum atomic E-state index is 5.27. The number of hydrogen-bond acceptors (Lipinski definition) is 5. The second-order valence-electron chi connectivity index (χ2n) is 4.11. The van der Waals surface area contributed by atoms with Crippen LogP contribution >= 0.6 is 0 Å². The van der Waals surface area contributed by atoms with E-state index in [-0.39, 0.29) is 0 Å². The minimum Gasteiger partial charge on any atom is -0.388 e. The van der Waals surface area contributed by atoms with Gasteiger partial charge in [-0.1, -0.05) is 5.16 Å². The lowest BCUT2D eigenvalue weighted by molar-refractivity contribution is 0.431. The van der Waals surface area contributed by atoms with Crippen molar-refractivity contribution in [2.75, 3.05) is 12.4 Å². The van der Waals surface area contributed by atoms with Crippen LogP contribution in [0.25, 0.3) is 23.1 Å². The summed E-state index contributed by atoms with van der Waals surface area (Å²) in [6, 6.07) is 7.78. The zero-order chi connectivity index (χ0) is 13.2. The van der Waals surface area contributed by atoms with Crippen LogP contribution in [0.1, 0.15) is 0 Å². The van der Waals surface area contributed by atoms with E-state index in [1.165, 1.54) is 0 Å². The Labute approximate surface area is 110 Å². The average Bonchev–Trinajstić information content (AvgIpc) is 3.07. The maximum absolute atomic E-state index is 5.27. The van der Waals surface area contributed by atoms with Crippen molar-refractivity contribution in [3.8, 4) is 23.1 Å². The lowest BCUT2D eigenvalue weighted by Gasteiger charge is -1.99. The van der Waals surface area contributed by atoms with Crippen LogP contribution < -0.4 is 5.32 Å². The summed E-state index contributed by atoms with van der Waals surface area (Å²) < 4.78 is 7.11. The molecule has 6 nitrogen and oxygen atoms in total. The van der Waals surface area contributed by atoms with Crippen LogP contribution in [0.5, 0.6) is 0 Å². The summed E-state index contributed by atoms with van der Waals surface area (Å²) >= 11 is 0. The van der Waals surface area contributed by atoms with Crippen molar-refractivity contribution in [2.45, 2.75) is 0 Å². The summed E-state index contributed by atoms with van der Waals surface area (Å²) in [5, 5.41) is 7.01. The van der Waals surface area contributed by atoms with Crippen molar-refractivity contribution in [3.05, 3.63) is 36.7 Å². The maximum Gasteiger partial charge on any atom is 0.258 e. The van der Waals surface area contributed by atoms with Crippen molar-refractivity contribution >= 4 is 5.69 Å². The van der Waals surface area contributed by atoms with Gasteiger partial charge in [-0.2, -0.15) is 4.98 Å². The van der Waals surface area contributed by atoms with Gasteiger partial charge in [-0.3, -0.25) is 0 Å². The van der Waals surface area contributed by atoms with Gasteiger partial charge in [-0.25, -0.2) is 4.98 Å². The second-order valence-corrected chi connectivity index (χ2v) is 4.11. The molecule has 0 spiro atoms. The van der Waals surface area contributed by atoms with Crippen LogP contribution in [0, 0.1) is 0 Å². The highest BCUT2D eigenvalue weighted by Crippen LogP contribution is 2.22. The molecule has 0 aliphatic heterocycles. The summed E-state index contributed by atoms with van der Waals surface area (Å²) in [6.07, 6.45) is 3.54. The quantitative estimate of drug-likeness (QED) is 0.776. The highest BCUT2D eigenvalue weighted by atomic mass is 16.5. The molecule has 2 heterocycles. The van der Waals surface area contributed by atoms with Crippen molar-refractivity contribution in [1.29, 1.82) is 0 Å². The molecule has 0 saturated heterocycles. The zero-order valence-corrected chi connectivity index (χ0v) is 10.7. The first-order valence-corrected chi connectivity index (χ1v) is 5.87. The Morgan fingerprint density at radius 3 is 2.63 bits per heavy atom. The molecule has 0 unspecified atom stereocenters. The van der Waals surface area contributed by atoms with Gasteiger partial charge in [0.1, 0.15) is 0 Å². The van der Waals surface area contributed by atoms with Gasteiger partial charge in [0, 0.05) is 37.7 Å². The minimum absolute atomic E-state index is 0.486. The molecule has 0 amide bonds. The first-order chi connectivity index (χ1) is 9.28. The molecule has 0 atom stereocenters. The first kappa shape index (κ1) is 11.5. The number of aromatic nitrogens is 4. The number of nitrogens with zero attached hydrogens (tertiary/aromatic N) is 4. The van der Waals surface area contributed by atoms with E-state index in [9.17, 15) is 0 Å². The predicted octanol–water partition coefficient (Wildman–Crippen LogP) is 2.18. The Kier molecular flexibility index (Phi) is 2.75. The summed E-state index contributed by atoms with van der Waals surface area (Å²) in [4.78, 5) is 8.55. The Hall–Kier alpha value is -2.63. The van der Waals surface area contributed by atoms with Gasteiger partial charge >= 0.3 is 0 Å². The number of anilines is 1. The Morgan fingerprint density at radius 1 is 1.21 bits per heavy atom. The molecule has 0 aliphatic rings. The number of benzene rings is 1. The van der Waals surface area contributed by atoms with Gasteiger partial charge in [-0.15, -0.1) is 0 Å². The molecule has 1 N–H and O–H groups in total. The van der Waals surface area contributed by atoms with Gasteiger partial charge in [-0.05, 0) is 24.3 Å².